The van der Waals surface area contributed by atoms with Crippen LogP contribution in [0.3, 0.4) is 0 Å². The van der Waals surface area contributed by atoms with Crippen LogP contribution < -0.4 is 0 Å². The molecule has 0 spiro atoms. The molecular weight excluding hydrogens is 160 g/mol. The van der Waals surface area contributed by atoms with E-state index in [9.17, 15) is 8.42 Å². The van der Waals surface area contributed by atoms with Crippen molar-refractivity contribution in [3.05, 3.63) is 0 Å². The Bertz CT molecular complexity index is 216. The van der Waals surface area contributed by atoms with Gasteiger partial charge in [0.1, 0.15) is 0 Å². The molecule has 1 rings (SSSR count). The van der Waals surface area contributed by atoms with Crippen LogP contribution >= 0.6 is 0 Å². The van der Waals surface area contributed by atoms with Crippen molar-refractivity contribution in [1.82, 2.24) is 0 Å². The van der Waals surface area contributed by atoms with E-state index in [0.717, 1.165) is 19.3 Å². The second-order valence-electron chi connectivity index (χ2n) is 3.76. The molecular formula is C8H16O2S. The van der Waals surface area contributed by atoms with E-state index in [1.165, 1.54) is 0 Å². The zero-order valence-corrected chi connectivity index (χ0v) is 8.02. The highest BCUT2D eigenvalue weighted by molar-refractivity contribution is 7.92. The van der Waals surface area contributed by atoms with Gasteiger partial charge in [-0.3, -0.25) is 0 Å². The molecule has 11 heavy (non-hydrogen) atoms. The van der Waals surface area contributed by atoms with E-state index in [-0.39, 0.29) is 5.25 Å². The van der Waals surface area contributed by atoms with Crippen LogP contribution in [0.2, 0.25) is 0 Å². The highest BCUT2D eigenvalue weighted by atomic mass is 32.2. The Hall–Kier alpha value is -0.0500. The monoisotopic (exact) mass is 176 g/mol. The van der Waals surface area contributed by atoms with Crippen LogP contribution in [0.4, 0.5) is 0 Å². The van der Waals surface area contributed by atoms with Gasteiger partial charge in [-0.05, 0) is 25.2 Å². The summed E-state index contributed by atoms with van der Waals surface area (Å²) in [5.41, 5.74) is 0. The van der Waals surface area contributed by atoms with Gasteiger partial charge < -0.3 is 0 Å². The molecule has 3 heteroatoms. The van der Waals surface area contributed by atoms with E-state index in [4.69, 9.17) is 0 Å². The maximum atomic E-state index is 11.3. The third kappa shape index (κ3) is 2.19. The summed E-state index contributed by atoms with van der Waals surface area (Å²) in [5.74, 6) is 0.928. The van der Waals surface area contributed by atoms with Gasteiger partial charge in [0.25, 0.3) is 0 Å². The van der Waals surface area contributed by atoms with Gasteiger partial charge in [-0.1, -0.05) is 13.8 Å². The Morgan fingerprint density at radius 3 is 2.45 bits per heavy atom. The minimum Gasteiger partial charge on any atom is -0.229 e. The van der Waals surface area contributed by atoms with Crippen LogP contribution in [0.25, 0.3) is 0 Å². The van der Waals surface area contributed by atoms with E-state index in [1.54, 1.807) is 0 Å². The fourth-order valence-corrected chi connectivity index (χ4v) is 3.75. The van der Waals surface area contributed by atoms with Crippen molar-refractivity contribution in [2.24, 2.45) is 5.92 Å². The highest BCUT2D eigenvalue weighted by Gasteiger charge is 2.31. The van der Waals surface area contributed by atoms with Crippen LogP contribution in [-0.4, -0.2) is 19.4 Å². The first-order chi connectivity index (χ1) is 5.02. The van der Waals surface area contributed by atoms with Crippen LogP contribution in [0.5, 0.6) is 0 Å². The summed E-state index contributed by atoms with van der Waals surface area (Å²) in [6, 6.07) is 0. The number of hydrogen-bond acceptors (Lipinski definition) is 2. The molecule has 1 aliphatic heterocycles. The third-order valence-electron chi connectivity index (χ3n) is 2.20. The van der Waals surface area contributed by atoms with Gasteiger partial charge in [0, 0.05) is 0 Å². The summed E-state index contributed by atoms with van der Waals surface area (Å²) < 4.78 is 22.6. The third-order valence-corrected chi connectivity index (χ3v) is 4.50. The molecule has 1 unspecified atom stereocenters. The molecule has 1 atom stereocenters. The first-order valence-electron chi connectivity index (χ1n) is 4.24. The average molecular weight is 176 g/mol. The van der Waals surface area contributed by atoms with Crippen LogP contribution in [0.1, 0.15) is 33.1 Å². The molecule has 1 aliphatic rings. The van der Waals surface area contributed by atoms with Crippen molar-refractivity contribution in [2.75, 3.05) is 5.75 Å². The molecule has 0 bridgehead atoms. The maximum absolute atomic E-state index is 11.3. The Balaban J connectivity index is 2.59. The van der Waals surface area contributed by atoms with Gasteiger partial charge in [0.15, 0.2) is 9.84 Å². The van der Waals surface area contributed by atoms with Gasteiger partial charge in [-0.15, -0.1) is 0 Å². The first kappa shape index (κ1) is 9.04. The molecule has 2 nitrogen and oxygen atoms in total. The van der Waals surface area contributed by atoms with E-state index < -0.39 is 9.84 Å². The van der Waals surface area contributed by atoms with Gasteiger partial charge in [0.2, 0.25) is 0 Å². The second kappa shape index (κ2) is 3.13. The van der Waals surface area contributed by atoms with Crippen molar-refractivity contribution in [2.45, 2.75) is 38.4 Å². The van der Waals surface area contributed by atoms with Crippen molar-refractivity contribution in [3.63, 3.8) is 0 Å². The summed E-state index contributed by atoms with van der Waals surface area (Å²) in [4.78, 5) is 0. The normalized spacial score (nSPS) is 29.5. The number of hydrogen-bond donors (Lipinski definition) is 0. The van der Waals surface area contributed by atoms with E-state index >= 15 is 0 Å². The lowest BCUT2D eigenvalue weighted by Crippen LogP contribution is -2.17. The fourth-order valence-electron chi connectivity index (χ4n) is 1.65. The molecule has 0 aliphatic carbocycles. The molecule has 1 heterocycles. The summed E-state index contributed by atoms with van der Waals surface area (Å²) >= 11 is 0. The van der Waals surface area contributed by atoms with Crippen LogP contribution in [0.15, 0.2) is 0 Å². The molecule has 0 aromatic heterocycles. The lowest BCUT2D eigenvalue weighted by molar-refractivity contribution is 0.529. The van der Waals surface area contributed by atoms with E-state index in [1.807, 2.05) is 0 Å². The highest BCUT2D eigenvalue weighted by Crippen LogP contribution is 2.25. The minimum absolute atomic E-state index is 0.0255. The Labute approximate surface area is 68.9 Å². The number of sulfone groups is 1. The largest absolute Gasteiger partial charge is 0.229 e. The Morgan fingerprint density at radius 1 is 1.45 bits per heavy atom. The van der Waals surface area contributed by atoms with Crippen molar-refractivity contribution in [3.8, 4) is 0 Å². The van der Waals surface area contributed by atoms with Gasteiger partial charge in [-0.2, -0.15) is 0 Å². The molecule has 0 N–H and O–H groups in total. The van der Waals surface area contributed by atoms with Crippen molar-refractivity contribution < 1.29 is 8.42 Å². The quantitative estimate of drug-likeness (QED) is 0.640. The molecule has 0 saturated carbocycles. The summed E-state index contributed by atoms with van der Waals surface area (Å²) in [7, 11) is -2.68. The van der Waals surface area contributed by atoms with Crippen LogP contribution in [-0.2, 0) is 9.84 Å². The summed E-state index contributed by atoms with van der Waals surface area (Å²) in [6.45, 7) is 4.15. The van der Waals surface area contributed by atoms with Gasteiger partial charge in [-0.25, -0.2) is 8.42 Å². The molecule has 0 aromatic rings. The average Bonchev–Trinajstić information content (AvgIpc) is 2.10. The molecule has 0 aromatic carbocycles. The van der Waals surface area contributed by atoms with Crippen molar-refractivity contribution >= 4 is 9.84 Å². The lowest BCUT2D eigenvalue weighted by Gasteiger charge is -2.10. The standard InChI is InChI=1S/C8H16O2S/c1-7(2)6-8-4-3-5-11(8,9)10/h7-8H,3-6H2,1-2H3. The zero-order chi connectivity index (χ0) is 8.48. The maximum Gasteiger partial charge on any atom is 0.153 e. The Morgan fingerprint density at radius 2 is 2.09 bits per heavy atom. The summed E-state index contributed by atoms with van der Waals surface area (Å²) in [5, 5.41) is -0.0255. The smallest absolute Gasteiger partial charge is 0.153 e. The van der Waals surface area contributed by atoms with Gasteiger partial charge >= 0.3 is 0 Å². The molecule has 1 saturated heterocycles. The predicted molar refractivity (Wildman–Crippen MR) is 46.3 cm³/mol. The molecule has 66 valence electrons. The SMILES string of the molecule is CC(C)CC1CCCS1(=O)=O. The Kier molecular flexibility index (Phi) is 2.58. The van der Waals surface area contributed by atoms with Gasteiger partial charge in [0.05, 0.1) is 11.0 Å². The van der Waals surface area contributed by atoms with E-state index in [0.29, 0.717) is 11.7 Å². The minimum atomic E-state index is -2.68. The lowest BCUT2D eigenvalue weighted by atomic mass is 10.1. The zero-order valence-electron chi connectivity index (χ0n) is 7.21. The number of rotatable bonds is 2. The molecule has 0 amide bonds. The molecule has 0 radical (unpaired) electrons. The predicted octanol–water partition coefficient (Wildman–Crippen LogP) is 1.61. The van der Waals surface area contributed by atoms with E-state index in [2.05, 4.69) is 13.8 Å². The second-order valence-corrected chi connectivity index (χ2v) is 6.16. The molecule has 1 fully saturated rings. The van der Waals surface area contributed by atoms with Crippen molar-refractivity contribution in [1.29, 1.82) is 0 Å². The first-order valence-corrected chi connectivity index (χ1v) is 5.95. The topological polar surface area (TPSA) is 34.1 Å². The fraction of sp³-hybridized carbons (Fsp3) is 1.00. The van der Waals surface area contributed by atoms with Crippen LogP contribution in [0, 0.1) is 5.92 Å². The summed E-state index contributed by atoms with van der Waals surface area (Å²) in [6.07, 6.45) is 2.61.